The monoisotopic (exact) mass is 389 g/mol. The van der Waals surface area contributed by atoms with E-state index in [4.69, 9.17) is 4.74 Å². The van der Waals surface area contributed by atoms with Crippen LogP contribution in [0.25, 0.3) is 0 Å². The zero-order chi connectivity index (χ0) is 21.1. The van der Waals surface area contributed by atoms with Gasteiger partial charge in [0.2, 0.25) is 0 Å². The van der Waals surface area contributed by atoms with E-state index in [1.54, 1.807) is 12.1 Å². The van der Waals surface area contributed by atoms with Crippen LogP contribution in [0.4, 0.5) is 5.69 Å². The van der Waals surface area contributed by atoms with Crippen LogP contribution >= 0.6 is 0 Å². The number of para-hydroxylation sites is 1. The van der Waals surface area contributed by atoms with Crippen LogP contribution in [0.3, 0.4) is 0 Å². The summed E-state index contributed by atoms with van der Waals surface area (Å²) in [6.07, 6.45) is 2.19. The Balaban J connectivity index is 0.00000145. The van der Waals surface area contributed by atoms with Crippen LogP contribution in [0, 0.1) is 0 Å². The number of carbonyl (C=O) groups excluding carboxylic acids is 1. The molecule has 3 heteroatoms. The molecule has 0 saturated heterocycles. The first-order valence-electron chi connectivity index (χ1n) is 10.4. The summed E-state index contributed by atoms with van der Waals surface area (Å²) in [5.74, 6) is 1.88. The van der Waals surface area contributed by atoms with Crippen LogP contribution < -0.4 is 10.1 Å². The Kier molecular flexibility index (Phi) is 8.97. The van der Waals surface area contributed by atoms with E-state index in [1.165, 1.54) is 5.56 Å². The molecule has 152 valence electrons. The summed E-state index contributed by atoms with van der Waals surface area (Å²) in [5.41, 5.74) is 2.70. The van der Waals surface area contributed by atoms with Gasteiger partial charge < -0.3 is 10.1 Å². The summed E-state index contributed by atoms with van der Waals surface area (Å²) < 4.78 is 5.77. The predicted molar refractivity (Wildman–Crippen MR) is 122 cm³/mol. The first-order chi connectivity index (χ1) is 14.2. The van der Waals surface area contributed by atoms with Gasteiger partial charge in [-0.25, -0.2) is 0 Å². The van der Waals surface area contributed by atoms with Gasteiger partial charge >= 0.3 is 0 Å². The molecule has 1 N–H and O–H groups in total. The molecule has 3 rings (SSSR count). The molecule has 1 amide bonds. The third kappa shape index (κ3) is 6.49. The van der Waals surface area contributed by atoms with E-state index in [0.717, 1.165) is 24.3 Å². The Morgan fingerprint density at radius 1 is 0.828 bits per heavy atom. The van der Waals surface area contributed by atoms with Gasteiger partial charge in [0.25, 0.3) is 5.91 Å². The number of ether oxygens (including phenoxy) is 1. The summed E-state index contributed by atoms with van der Waals surface area (Å²) >= 11 is 0. The molecule has 0 fully saturated rings. The van der Waals surface area contributed by atoms with Crippen LogP contribution in [0.1, 0.15) is 62.4 Å². The van der Waals surface area contributed by atoms with Crippen LogP contribution in [0.15, 0.2) is 78.9 Å². The van der Waals surface area contributed by atoms with E-state index in [1.807, 2.05) is 68.4 Å². The van der Waals surface area contributed by atoms with E-state index in [0.29, 0.717) is 17.2 Å². The lowest BCUT2D eigenvalue weighted by Crippen LogP contribution is -2.12. The van der Waals surface area contributed by atoms with E-state index >= 15 is 0 Å². The maximum absolute atomic E-state index is 12.6. The standard InChI is InChI=1S/C24H25NO2.C2H6/c1-3-18(4-2)20-9-8-10-21(17-20)25-24(26)19-13-15-23(16-14-19)27-22-11-6-5-7-12-22;1-2/h5-18H,3-4H2,1-2H3,(H,25,26);1-2H3. The number of carbonyl (C=O) groups is 1. The molecule has 0 bridgehead atoms. The summed E-state index contributed by atoms with van der Waals surface area (Å²) in [5, 5.41) is 2.99. The molecule has 0 saturated carbocycles. The van der Waals surface area contributed by atoms with Gasteiger partial charge in [-0.15, -0.1) is 0 Å². The molecule has 0 aliphatic carbocycles. The largest absolute Gasteiger partial charge is 0.457 e. The van der Waals surface area contributed by atoms with Gasteiger partial charge in [0.05, 0.1) is 0 Å². The van der Waals surface area contributed by atoms with Crippen molar-refractivity contribution in [3.8, 4) is 11.5 Å². The molecule has 3 aromatic carbocycles. The van der Waals surface area contributed by atoms with Gasteiger partial charge in [-0.2, -0.15) is 0 Å². The van der Waals surface area contributed by atoms with Crippen LogP contribution in [-0.4, -0.2) is 5.91 Å². The van der Waals surface area contributed by atoms with E-state index in [-0.39, 0.29) is 5.91 Å². The van der Waals surface area contributed by atoms with Crippen molar-refractivity contribution in [2.45, 2.75) is 46.5 Å². The van der Waals surface area contributed by atoms with Crippen molar-refractivity contribution >= 4 is 11.6 Å². The maximum Gasteiger partial charge on any atom is 0.255 e. The molecule has 0 heterocycles. The minimum atomic E-state index is -0.122. The fourth-order valence-corrected chi connectivity index (χ4v) is 3.13. The van der Waals surface area contributed by atoms with Crippen molar-refractivity contribution in [3.63, 3.8) is 0 Å². The molecule has 29 heavy (non-hydrogen) atoms. The Hall–Kier alpha value is -3.07. The van der Waals surface area contributed by atoms with Gasteiger partial charge in [-0.3, -0.25) is 4.79 Å². The van der Waals surface area contributed by atoms with Crippen LogP contribution in [0.2, 0.25) is 0 Å². The summed E-state index contributed by atoms with van der Waals surface area (Å²) in [7, 11) is 0. The second-order valence-corrected chi connectivity index (χ2v) is 6.53. The first-order valence-corrected chi connectivity index (χ1v) is 10.4. The Bertz CT molecular complexity index is 869. The van der Waals surface area contributed by atoms with Crippen LogP contribution in [0.5, 0.6) is 11.5 Å². The van der Waals surface area contributed by atoms with Crippen molar-refractivity contribution in [2.75, 3.05) is 5.32 Å². The first kappa shape index (κ1) is 22.2. The molecule has 0 aliphatic heterocycles. The smallest absolute Gasteiger partial charge is 0.255 e. The van der Waals surface area contributed by atoms with Gasteiger partial charge in [0, 0.05) is 11.3 Å². The molecule has 3 nitrogen and oxygen atoms in total. The number of amides is 1. The van der Waals surface area contributed by atoms with E-state index < -0.39 is 0 Å². The predicted octanol–water partition coefficient (Wildman–Crippen LogP) is 7.66. The normalized spacial score (nSPS) is 10.1. The quantitative estimate of drug-likeness (QED) is 0.450. The minimum absolute atomic E-state index is 0.122. The van der Waals surface area contributed by atoms with Gasteiger partial charge in [0.15, 0.2) is 0 Å². The summed E-state index contributed by atoms with van der Waals surface area (Å²) in [6.45, 7) is 8.39. The van der Waals surface area contributed by atoms with Gasteiger partial charge in [-0.05, 0) is 72.9 Å². The van der Waals surface area contributed by atoms with Crippen molar-refractivity contribution in [2.24, 2.45) is 0 Å². The van der Waals surface area contributed by atoms with Crippen LogP contribution in [-0.2, 0) is 0 Å². The Morgan fingerprint density at radius 3 is 2.07 bits per heavy atom. The Labute approximate surface area is 174 Å². The number of hydrogen-bond acceptors (Lipinski definition) is 2. The number of rotatable bonds is 7. The average Bonchev–Trinajstić information content (AvgIpc) is 2.77. The van der Waals surface area contributed by atoms with E-state index in [2.05, 4.69) is 31.3 Å². The molecule has 0 aromatic heterocycles. The lowest BCUT2D eigenvalue weighted by Gasteiger charge is -2.14. The molecular formula is C26H31NO2. The molecule has 0 atom stereocenters. The van der Waals surface area contributed by atoms with E-state index in [9.17, 15) is 4.79 Å². The topological polar surface area (TPSA) is 38.3 Å². The summed E-state index contributed by atoms with van der Waals surface area (Å²) in [4.78, 5) is 12.6. The fraction of sp³-hybridized carbons (Fsp3) is 0.269. The fourth-order valence-electron chi connectivity index (χ4n) is 3.13. The number of anilines is 1. The third-order valence-electron chi connectivity index (χ3n) is 4.70. The second-order valence-electron chi connectivity index (χ2n) is 6.53. The highest BCUT2D eigenvalue weighted by Crippen LogP contribution is 2.26. The summed E-state index contributed by atoms with van der Waals surface area (Å²) in [6, 6.07) is 24.9. The highest BCUT2D eigenvalue weighted by molar-refractivity contribution is 6.04. The SMILES string of the molecule is CC.CCC(CC)c1cccc(NC(=O)c2ccc(Oc3ccccc3)cc2)c1. The number of benzene rings is 3. The molecule has 0 spiro atoms. The molecule has 0 aliphatic rings. The average molecular weight is 390 g/mol. The Morgan fingerprint density at radius 2 is 1.45 bits per heavy atom. The highest BCUT2D eigenvalue weighted by atomic mass is 16.5. The van der Waals surface area contributed by atoms with Crippen molar-refractivity contribution in [3.05, 3.63) is 90.0 Å². The number of hydrogen-bond donors (Lipinski definition) is 1. The van der Waals surface area contributed by atoms with Crippen molar-refractivity contribution in [1.29, 1.82) is 0 Å². The lowest BCUT2D eigenvalue weighted by molar-refractivity contribution is 0.102. The molecular weight excluding hydrogens is 358 g/mol. The molecule has 0 unspecified atom stereocenters. The molecule has 3 aromatic rings. The van der Waals surface area contributed by atoms with Crippen molar-refractivity contribution in [1.82, 2.24) is 0 Å². The zero-order valence-electron chi connectivity index (χ0n) is 17.8. The highest BCUT2D eigenvalue weighted by Gasteiger charge is 2.10. The van der Waals surface area contributed by atoms with Gasteiger partial charge in [0.1, 0.15) is 11.5 Å². The number of nitrogens with one attached hydrogen (secondary N) is 1. The van der Waals surface area contributed by atoms with Gasteiger partial charge in [-0.1, -0.05) is 58.0 Å². The third-order valence-corrected chi connectivity index (χ3v) is 4.70. The maximum atomic E-state index is 12.6. The van der Waals surface area contributed by atoms with Crippen molar-refractivity contribution < 1.29 is 9.53 Å². The minimum Gasteiger partial charge on any atom is -0.457 e. The molecule has 0 radical (unpaired) electrons. The lowest BCUT2D eigenvalue weighted by atomic mass is 9.94. The second kappa shape index (κ2) is 11.7. The zero-order valence-corrected chi connectivity index (χ0v) is 17.8.